The lowest BCUT2D eigenvalue weighted by atomic mass is 9.92. The summed E-state index contributed by atoms with van der Waals surface area (Å²) in [5.41, 5.74) is 3.09. The van der Waals surface area contributed by atoms with Gasteiger partial charge >= 0.3 is 0 Å². The Hall–Kier alpha value is -1.85. The molecule has 3 rings (SSSR count). The minimum Gasteiger partial charge on any atom is -0.342 e. The van der Waals surface area contributed by atoms with Crippen molar-refractivity contribution in [3.8, 4) is 0 Å². The lowest BCUT2D eigenvalue weighted by molar-refractivity contribution is -0.134. The Morgan fingerprint density at radius 3 is 2.61 bits per heavy atom. The molecule has 0 N–H and O–H groups in total. The van der Waals surface area contributed by atoms with Gasteiger partial charge in [0.05, 0.1) is 18.4 Å². The van der Waals surface area contributed by atoms with Crippen molar-refractivity contribution in [2.45, 2.75) is 53.6 Å². The first-order chi connectivity index (χ1) is 11.0. The fourth-order valence-electron chi connectivity index (χ4n) is 3.86. The second-order valence-electron chi connectivity index (χ2n) is 7.00. The molecule has 0 spiro atoms. The van der Waals surface area contributed by atoms with E-state index in [-0.39, 0.29) is 5.91 Å². The maximum Gasteiger partial charge on any atom is 0.224 e. The zero-order valence-electron chi connectivity index (χ0n) is 14.6. The van der Waals surface area contributed by atoms with Gasteiger partial charge in [0.2, 0.25) is 5.91 Å². The lowest BCUT2D eigenvalue weighted by Crippen LogP contribution is -2.42. The molecule has 23 heavy (non-hydrogen) atoms. The van der Waals surface area contributed by atoms with E-state index in [1.165, 1.54) is 6.42 Å². The number of hydrogen-bond donors (Lipinski definition) is 0. The molecule has 2 atom stereocenters. The van der Waals surface area contributed by atoms with Crippen molar-refractivity contribution >= 4 is 16.9 Å². The van der Waals surface area contributed by atoms with Crippen LogP contribution >= 0.6 is 0 Å². The third-order valence-corrected chi connectivity index (χ3v) is 4.77. The molecule has 2 aromatic heterocycles. The van der Waals surface area contributed by atoms with E-state index in [4.69, 9.17) is 0 Å². The largest absolute Gasteiger partial charge is 0.342 e. The van der Waals surface area contributed by atoms with Crippen LogP contribution in [0.5, 0.6) is 0 Å². The highest BCUT2D eigenvalue weighted by molar-refractivity contribution is 5.79. The Morgan fingerprint density at radius 1 is 1.26 bits per heavy atom. The Bertz CT molecular complexity index is 691. The second kappa shape index (κ2) is 6.34. The molecule has 0 radical (unpaired) electrons. The number of carbonyl (C=O) groups excluding carboxylic acids is 1. The van der Waals surface area contributed by atoms with Crippen LogP contribution in [-0.2, 0) is 17.9 Å². The van der Waals surface area contributed by atoms with Crippen LogP contribution in [0.3, 0.4) is 0 Å². The summed E-state index contributed by atoms with van der Waals surface area (Å²) in [5, 5.41) is 8.98. The summed E-state index contributed by atoms with van der Waals surface area (Å²) in [4.78, 5) is 14.6. The maximum absolute atomic E-state index is 12.5. The molecule has 126 valence electrons. The van der Waals surface area contributed by atoms with Gasteiger partial charge in [-0.05, 0) is 32.1 Å². The minimum atomic E-state index is 0.243. The number of amides is 1. The summed E-state index contributed by atoms with van der Waals surface area (Å²) >= 11 is 0. The third-order valence-electron chi connectivity index (χ3n) is 4.77. The first-order valence-corrected chi connectivity index (χ1v) is 8.66. The van der Waals surface area contributed by atoms with Crippen molar-refractivity contribution in [2.75, 3.05) is 13.1 Å². The highest BCUT2D eigenvalue weighted by Gasteiger charge is 2.25. The molecule has 6 nitrogen and oxygen atoms in total. The standard InChI is InChI=1S/C17H27N5O/c1-5-21-15-9-18-22(17(15)14(4)19-21)7-6-16(23)20-10-12(2)8-13(3)11-20/h9,12-13H,5-8,10-11H2,1-4H3. The Labute approximate surface area is 137 Å². The fraction of sp³-hybridized carbons (Fsp3) is 0.706. The van der Waals surface area contributed by atoms with E-state index in [9.17, 15) is 4.79 Å². The van der Waals surface area contributed by atoms with Gasteiger partial charge in [0.25, 0.3) is 0 Å². The first kappa shape index (κ1) is 16.0. The quantitative estimate of drug-likeness (QED) is 0.870. The smallest absolute Gasteiger partial charge is 0.224 e. The van der Waals surface area contributed by atoms with E-state index in [0.29, 0.717) is 24.8 Å². The van der Waals surface area contributed by atoms with Crippen LogP contribution in [0.4, 0.5) is 0 Å². The van der Waals surface area contributed by atoms with E-state index >= 15 is 0 Å². The molecule has 0 aromatic carbocycles. The molecule has 1 aliphatic heterocycles. The number of carbonyl (C=O) groups is 1. The molecule has 2 unspecified atom stereocenters. The van der Waals surface area contributed by atoms with Crippen molar-refractivity contribution in [3.05, 3.63) is 11.9 Å². The van der Waals surface area contributed by atoms with Crippen LogP contribution in [0.2, 0.25) is 0 Å². The molecule has 1 aliphatic rings. The topological polar surface area (TPSA) is 56.0 Å². The van der Waals surface area contributed by atoms with Crippen LogP contribution in [-0.4, -0.2) is 43.5 Å². The van der Waals surface area contributed by atoms with E-state index in [2.05, 4.69) is 31.0 Å². The van der Waals surface area contributed by atoms with E-state index in [1.54, 1.807) is 0 Å². The molecule has 0 bridgehead atoms. The highest BCUT2D eigenvalue weighted by atomic mass is 16.2. The number of rotatable bonds is 4. The van der Waals surface area contributed by atoms with Gasteiger partial charge in [-0.25, -0.2) is 0 Å². The predicted octanol–water partition coefficient (Wildman–Crippen LogP) is 2.46. The van der Waals surface area contributed by atoms with Crippen molar-refractivity contribution in [1.29, 1.82) is 0 Å². The number of hydrogen-bond acceptors (Lipinski definition) is 3. The summed E-state index contributed by atoms with van der Waals surface area (Å²) < 4.78 is 3.89. The molecule has 3 heterocycles. The van der Waals surface area contributed by atoms with E-state index in [1.807, 2.05) is 27.4 Å². The van der Waals surface area contributed by atoms with Gasteiger partial charge in [0.1, 0.15) is 11.0 Å². The van der Waals surface area contributed by atoms with Crippen molar-refractivity contribution < 1.29 is 4.79 Å². The average Bonchev–Trinajstić information content (AvgIpc) is 3.05. The summed E-state index contributed by atoms with van der Waals surface area (Å²) in [6.07, 6.45) is 3.58. The van der Waals surface area contributed by atoms with Crippen LogP contribution in [0.15, 0.2) is 6.20 Å². The molecule has 1 fully saturated rings. The third kappa shape index (κ3) is 3.12. The van der Waals surface area contributed by atoms with E-state index in [0.717, 1.165) is 36.4 Å². The zero-order chi connectivity index (χ0) is 16.6. The highest BCUT2D eigenvalue weighted by Crippen LogP contribution is 2.22. The van der Waals surface area contributed by atoms with Crippen LogP contribution in [0.1, 0.15) is 39.3 Å². The Morgan fingerprint density at radius 2 is 1.96 bits per heavy atom. The van der Waals surface area contributed by atoms with Crippen molar-refractivity contribution in [1.82, 2.24) is 24.5 Å². The molecular weight excluding hydrogens is 290 g/mol. The molecule has 1 amide bonds. The summed E-state index contributed by atoms with van der Waals surface area (Å²) in [7, 11) is 0. The normalized spacial score (nSPS) is 22.0. The number of nitrogens with zero attached hydrogens (tertiary/aromatic N) is 5. The SMILES string of the molecule is CCn1nc(C)c2c1cnn2CCC(=O)N1CC(C)CC(C)C1. The minimum absolute atomic E-state index is 0.243. The monoisotopic (exact) mass is 317 g/mol. The summed E-state index contributed by atoms with van der Waals surface area (Å²) in [6.45, 7) is 11.8. The first-order valence-electron chi connectivity index (χ1n) is 8.66. The molecule has 6 heteroatoms. The maximum atomic E-state index is 12.5. The van der Waals surface area contributed by atoms with E-state index < -0.39 is 0 Å². The van der Waals surface area contributed by atoms with Crippen LogP contribution in [0, 0.1) is 18.8 Å². The van der Waals surface area contributed by atoms with Crippen LogP contribution in [0.25, 0.3) is 11.0 Å². The zero-order valence-corrected chi connectivity index (χ0v) is 14.6. The van der Waals surface area contributed by atoms with Crippen molar-refractivity contribution in [2.24, 2.45) is 11.8 Å². The lowest BCUT2D eigenvalue weighted by Gasteiger charge is -2.35. The van der Waals surface area contributed by atoms with Gasteiger partial charge in [-0.3, -0.25) is 14.2 Å². The number of fused-ring (bicyclic) bond motifs is 1. The summed E-state index contributed by atoms with van der Waals surface area (Å²) in [5.74, 6) is 1.45. The molecule has 0 saturated carbocycles. The second-order valence-corrected chi connectivity index (χ2v) is 7.00. The number of piperidine rings is 1. The average molecular weight is 317 g/mol. The molecular formula is C17H27N5O. The molecule has 1 saturated heterocycles. The summed E-state index contributed by atoms with van der Waals surface area (Å²) in [6, 6.07) is 0. The van der Waals surface area contributed by atoms with Crippen molar-refractivity contribution in [3.63, 3.8) is 0 Å². The van der Waals surface area contributed by atoms with Gasteiger partial charge in [-0.15, -0.1) is 0 Å². The fourth-order valence-corrected chi connectivity index (χ4v) is 3.86. The van der Waals surface area contributed by atoms with Gasteiger partial charge in [0, 0.05) is 26.1 Å². The Balaban J connectivity index is 1.68. The predicted molar refractivity (Wildman–Crippen MR) is 90.1 cm³/mol. The van der Waals surface area contributed by atoms with Gasteiger partial charge < -0.3 is 4.90 Å². The van der Waals surface area contributed by atoms with Gasteiger partial charge in [0.15, 0.2) is 0 Å². The number of aryl methyl sites for hydroxylation is 3. The van der Waals surface area contributed by atoms with Crippen LogP contribution < -0.4 is 0 Å². The number of aromatic nitrogens is 4. The van der Waals surface area contributed by atoms with Gasteiger partial charge in [-0.2, -0.15) is 10.2 Å². The molecule has 0 aliphatic carbocycles. The Kier molecular flexibility index (Phi) is 4.41. The van der Waals surface area contributed by atoms with Gasteiger partial charge in [-0.1, -0.05) is 13.8 Å². The molecule has 2 aromatic rings. The number of likely N-dealkylation sites (tertiary alicyclic amines) is 1.